The molecule has 224 valence electrons. The Morgan fingerprint density at radius 3 is 2.21 bits per heavy atom. The zero-order valence-electron chi connectivity index (χ0n) is 24.3. The Morgan fingerprint density at radius 1 is 1.00 bits per heavy atom. The highest BCUT2D eigenvalue weighted by Gasteiger charge is 2.40. The van der Waals surface area contributed by atoms with Gasteiger partial charge in [0.25, 0.3) is 5.91 Å². The van der Waals surface area contributed by atoms with Crippen LogP contribution in [0.4, 0.5) is 18.9 Å². The zero-order chi connectivity index (χ0) is 30.1. The molecule has 1 amide bonds. The zero-order valence-corrected chi connectivity index (χ0v) is 25.0. The van der Waals surface area contributed by atoms with Crippen LogP contribution in [0.2, 0.25) is 5.02 Å². The minimum Gasteiger partial charge on any atom is -0.364 e. The van der Waals surface area contributed by atoms with Crippen LogP contribution >= 0.6 is 11.6 Å². The van der Waals surface area contributed by atoms with Gasteiger partial charge in [-0.2, -0.15) is 13.2 Å². The number of benzene rings is 2. The lowest BCUT2D eigenvalue weighted by atomic mass is 9.85. The van der Waals surface area contributed by atoms with E-state index >= 15 is 0 Å². The van der Waals surface area contributed by atoms with Crippen LogP contribution in [0.15, 0.2) is 54.9 Å². The summed E-state index contributed by atoms with van der Waals surface area (Å²) in [7, 11) is 0. The van der Waals surface area contributed by atoms with Gasteiger partial charge in [0.2, 0.25) is 0 Å². The van der Waals surface area contributed by atoms with Crippen LogP contribution in [0.25, 0.3) is 0 Å². The lowest BCUT2D eigenvalue weighted by Gasteiger charge is -2.50. The van der Waals surface area contributed by atoms with Gasteiger partial charge in [0.15, 0.2) is 0 Å². The second kappa shape index (κ2) is 12.2. The molecule has 6 nitrogen and oxygen atoms in total. The topological polar surface area (TPSA) is 52.6 Å². The van der Waals surface area contributed by atoms with Crippen molar-refractivity contribution in [1.29, 1.82) is 0 Å². The van der Waals surface area contributed by atoms with Gasteiger partial charge < -0.3 is 9.80 Å². The van der Waals surface area contributed by atoms with Crippen molar-refractivity contribution in [2.75, 3.05) is 31.1 Å². The summed E-state index contributed by atoms with van der Waals surface area (Å²) in [6, 6.07) is 14.2. The number of anilines is 1. The molecule has 0 radical (unpaired) electrons. The molecule has 2 fully saturated rings. The van der Waals surface area contributed by atoms with Gasteiger partial charge in [-0.15, -0.1) is 0 Å². The van der Waals surface area contributed by atoms with Gasteiger partial charge in [-0.3, -0.25) is 9.69 Å². The van der Waals surface area contributed by atoms with E-state index in [1.807, 2.05) is 49.1 Å². The number of carbonyl (C=O) groups excluding carboxylic acids is 1. The Labute approximate surface area is 250 Å². The number of hydrogen-bond donors (Lipinski definition) is 0. The van der Waals surface area contributed by atoms with E-state index in [1.165, 1.54) is 18.5 Å². The molecule has 2 aliphatic rings. The number of hydrogen-bond acceptors (Lipinski definition) is 5. The summed E-state index contributed by atoms with van der Waals surface area (Å²) < 4.78 is 41.2. The maximum atomic E-state index is 13.7. The molecule has 3 aromatic rings. The summed E-state index contributed by atoms with van der Waals surface area (Å²) in [5, 5.41) is -0.288. The third-order valence-electron chi connectivity index (χ3n) is 9.02. The summed E-state index contributed by atoms with van der Waals surface area (Å²) in [6.45, 7) is 9.47. The number of piperidine rings is 2. The number of aryl methyl sites for hydroxylation is 2. The van der Waals surface area contributed by atoms with E-state index in [2.05, 4.69) is 26.7 Å². The van der Waals surface area contributed by atoms with E-state index in [9.17, 15) is 18.0 Å². The molecule has 10 heteroatoms. The Morgan fingerprint density at radius 2 is 1.62 bits per heavy atom. The molecule has 0 aliphatic carbocycles. The van der Waals surface area contributed by atoms with E-state index < -0.39 is 11.7 Å². The summed E-state index contributed by atoms with van der Waals surface area (Å²) in [5.41, 5.74) is 2.71. The largest absolute Gasteiger partial charge is 0.417 e. The van der Waals surface area contributed by atoms with E-state index in [0.717, 1.165) is 44.3 Å². The van der Waals surface area contributed by atoms with Crippen molar-refractivity contribution in [3.8, 4) is 0 Å². The normalized spacial score (nSPS) is 18.2. The number of amides is 1. The Kier molecular flexibility index (Phi) is 8.81. The maximum absolute atomic E-state index is 13.7. The first-order valence-corrected chi connectivity index (χ1v) is 14.8. The highest BCUT2D eigenvalue weighted by Crippen LogP contribution is 2.39. The fraction of sp³-hybridized carbons (Fsp3) is 0.469. The molecule has 1 aromatic heterocycles. The molecule has 2 saturated heterocycles. The number of rotatable bonds is 6. The quantitative estimate of drug-likeness (QED) is 0.307. The van der Waals surface area contributed by atoms with Gasteiger partial charge in [-0.05, 0) is 70.2 Å². The van der Waals surface area contributed by atoms with Crippen molar-refractivity contribution in [3.05, 3.63) is 88.0 Å². The smallest absolute Gasteiger partial charge is 0.364 e. The van der Waals surface area contributed by atoms with Crippen molar-refractivity contribution in [2.24, 2.45) is 0 Å². The fourth-order valence-corrected chi connectivity index (χ4v) is 6.63. The molecule has 0 atom stereocenters. The third-order valence-corrected chi connectivity index (χ3v) is 9.35. The van der Waals surface area contributed by atoms with Crippen molar-refractivity contribution < 1.29 is 18.0 Å². The Hall–Kier alpha value is -3.17. The molecule has 2 aliphatic heterocycles. The van der Waals surface area contributed by atoms with Crippen LogP contribution in [0, 0.1) is 13.8 Å². The summed E-state index contributed by atoms with van der Waals surface area (Å²) >= 11 is 5.96. The number of halogens is 4. The summed E-state index contributed by atoms with van der Waals surface area (Å²) in [4.78, 5) is 28.2. The van der Waals surface area contributed by atoms with Gasteiger partial charge in [-0.25, -0.2) is 9.97 Å². The third kappa shape index (κ3) is 6.42. The van der Waals surface area contributed by atoms with Crippen LogP contribution < -0.4 is 4.90 Å². The van der Waals surface area contributed by atoms with Crippen LogP contribution in [-0.4, -0.2) is 63.4 Å². The molecular weight excluding hydrogens is 563 g/mol. The van der Waals surface area contributed by atoms with Crippen molar-refractivity contribution in [1.82, 2.24) is 19.8 Å². The molecular formula is C32H37ClF3N5O. The van der Waals surface area contributed by atoms with Crippen LogP contribution in [0.1, 0.15) is 65.5 Å². The predicted octanol–water partition coefficient (Wildman–Crippen LogP) is 6.93. The van der Waals surface area contributed by atoms with Gasteiger partial charge in [0.1, 0.15) is 6.33 Å². The van der Waals surface area contributed by atoms with Crippen LogP contribution in [-0.2, 0) is 12.7 Å². The SMILES string of the molecule is Cc1ncnc(C)c1C(=O)N1CCC(C)(N2CCC(N(Cc3ccccc3)c3ccc(Cl)c(C(F)(F)F)c3)CC2)CC1. The Bertz CT molecular complexity index is 1380. The fourth-order valence-electron chi connectivity index (χ4n) is 6.41. The molecule has 0 bridgehead atoms. The molecule has 3 heterocycles. The number of likely N-dealkylation sites (tertiary alicyclic amines) is 2. The van der Waals surface area contributed by atoms with E-state index in [-0.39, 0.29) is 22.5 Å². The molecule has 2 aromatic carbocycles. The number of alkyl halides is 3. The number of aromatic nitrogens is 2. The monoisotopic (exact) mass is 599 g/mol. The molecule has 0 N–H and O–H groups in total. The standard InChI is InChI=1S/C32H37ClF3N5O/c1-22-29(23(2)38-21-37-22)30(42)39-17-13-31(3,14-18-39)40-15-11-25(12-16-40)41(20-24-7-5-4-6-8-24)26-9-10-28(33)27(19-26)32(34,35)36/h4-10,19,21,25H,11-18,20H2,1-3H3. The summed E-state index contributed by atoms with van der Waals surface area (Å²) in [6.07, 6.45) is 0.333. The molecule has 5 rings (SSSR count). The van der Waals surface area contributed by atoms with Gasteiger partial charge in [0.05, 0.1) is 27.5 Å². The van der Waals surface area contributed by atoms with Crippen LogP contribution in [0.3, 0.4) is 0 Å². The minimum absolute atomic E-state index is 0.0101. The average molecular weight is 600 g/mol. The highest BCUT2D eigenvalue weighted by molar-refractivity contribution is 6.31. The van der Waals surface area contributed by atoms with Crippen LogP contribution in [0.5, 0.6) is 0 Å². The molecule has 0 unspecified atom stereocenters. The Balaban J connectivity index is 1.28. The van der Waals surface area contributed by atoms with Crippen molar-refractivity contribution in [3.63, 3.8) is 0 Å². The van der Waals surface area contributed by atoms with Gasteiger partial charge >= 0.3 is 6.18 Å². The van der Waals surface area contributed by atoms with Crippen molar-refractivity contribution >= 4 is 23.2 Å². The van der Waals surface area contributed by atoms with Gasteiger partial charge in [-0.1, -0.05) is 41.9 Å². The lowest BCUT2D eigenvalue weighted by molar-refractivity contribution is -0.137. The predicted molar refractivity (Wildman–Crippen MR) is 159 cm³/mol. The number of nitrogens with zero attached hydrogens (tertiary/aromatic N) is 5. The second-order valence-corrected chi connectivity index (χ2v) is 12.1. The first-order valence-electron chi connectivity index (χ1n) is 14.5. The molecule has 42 heavy (non-hydrogen) atoms. The minimum atomic E-state index is -4.52. The highest BCUT2D eigenvalue weighted by atomic mass is 35.5. The first-order chi connectivity index (χ1) is 20.0. The van der Waals surface area contributed by atoms with E-state index in [4.69, 9.17) is 11.6 Å². The maximum Gasteiger partial charge on any atom is 0.417 e. The van der Waals surface area contributed by atoms with E-state index in [1.54, 1.807) is 6.07 Å². The average Bonchev–Trinajstić information content (AvgIpc) is 2.96. The summed E-state index contributed by atoms with van der Waals surface area (Å²) in [5.74, 6) is -0.0101. The molecule has 0 spiro atoms. The van der Waals surface area contributed by atoms with Gasteiger partial charge in [0, 0.05) is 50.0 Å². The molecule has 0 saturated carbocycles. The van der Waals surface area contributed by atoms with Crippen molar-refractivity contribution in [2.45, 2.75) is 70.8 Å². The first kappa shape index (κ1) is 30.3. The number of carbonyl (C=O) groups is 1. The lowest BCUT2D eigenvalue weighted by Crippen LogP contribution is -2.58. The van der Waals surface area contributed by atoms with E-state index in [0.29, 0.717) is 42.3 Å². The second-order valence-electron chi connectivity index (χ2n) is 11.7.